The summed E-state index contributed by atoms with van der Waals surface area (Å²) >= 11 is 0. The van der Waals surface area contributed by atoms with Gasteiger partial charge in [-0.25, -0.2) is 32.1 Å². The fourth-order valence-corrected chi connectivity index (χ4v) is 6.14. The zero-order chi connectivity index (χ0) is 31.2. The van der Waals surface area contributed by atoms with Crippen LogP contribution in [0.15, 0.2) is 59.3 Å². The molecule has 224 valence electrons. The van der Waals surface area contributed by atoms with Gasteiger partial charge in [0.1, 0.15) is 11.5 Å². The van der Waals surface area contributed by atoms with Crippen LogP contribution in [0.3, 0.4) is 0 Å². The first-order valence-corrected chi connectivity index (χ1v) is 15.4. The summed E-state index contributed by atoms with van der Waals surface area (Å²) in [5.41, 5.74) is 6.01. The molecule has 0 aliphatic carbocycles. The Morgan fingerprint density at radius 2 is 1.95 bits per heavy atom. The lowest BCUT2D eigenvalue weighted by atomic mass is 10.0. The van der Waals surface area contributed by atoms with Crippen molar-refractivity contribution < 1.29 is 17.6 Å². The van der Waals surface area contributed by atoms with E-state index in [1.807, 2.05) is 25.7 Å². The van der Waals surface area contributed by atoms with Crippen LogP contribution in [0.5, 0.6) is 0 Å². The van der Waals surface area contributed by atoms with Crippen molar-refractivity contribution in [3.8, 4) is 16.9 Å². The largest absolute Gasteiger partial charge is 0.398 e. The number of hydrogen-bond acceptors (Lipinski definition) is 10. The predicted molar refractivity (Wildman–Crippen MR) is 161 cm³/mol. The molecule has 0 bridgehead atoms. The Morgan fingerprint density at radius 1 is 1.21 bits per heavy atom. The van der Waals surface area contributed by atoms with Crippen LogP contribution in [0.1, 0.15) is 32.3 Å². The molecule has 1 saturated heterocycles. The highest BCUT2D eigenvalue weighted by Crippen LogP contribution is 2.35. The highest BCUT2D eigenvalue weighted by atomic mass is 32.2. The fourth-order valence-electron chi connectivity index (χ4n) is 5.33. The van der Waals surface area contributed by atoms with Gasteiger partial charge in [0.25, 0.3) is 0 Å². The van der Waals surface area contributed by atoms with Crippen LogP contribution < -0.4 is 16.3 Å². The van der Waals surface area contributed by atoms with Gasteiger partial charge in [-0.05, 0) is 42.7 Å². The minimum absolute atomic E-state index is 0.00675. The molecule has 43 heavy (non-hydrogen) atoms. The van der Waals surface area contributed by atoms with E-state index >= 15 is 4.39 Å². The van der Waals surface area contributed by atoms with Crippen molar-refractivity contribution in [2.45, 2.75) is 37.8 Å². The van der Waals surface area contributed by atoms with Crippen molar-refractivity contribution in [3.63, 3.8) is 0 Å². The quantitative estimate of drug-likeness (QED) is 0.324. The SMILES string of the molecule is C=CC(=O)N1CCN(c2nc(=O)n(-c3c(C(C)C)ccnc3S(C)(=O)=O)c3nc(-c4cnccc4N)c(F)cc23)[C@@H](C)C1. The summed E-state index contributed by atoms with van der Waals surface area (Å²) in [6, 6.07) is 4.03. The first-order chi connectivity index (χ1) is 20.3. The van der Waals surface area contributed by atoms with Gasteiger partial charge in [0, 0.05) is 61.8 Å². The molecule has 0 saturated carbocycles. The van der Waals surface area contributed by atoms with Crippen LogP contribution in [0, 0.1) is 5.82 Å². The van der Waals surface area contributed by atoms with Gasteiger partial charge in [-0.3, -0.25) is 9.78 Å². The van der Waals surface area contributed by atoms with E-state index in [0.29, 0.717) is 25.2 Å². The predicted octanol–water partition coefficient (Wildman–Crippen LogP) is 2.71. The Morgan fingerprint density at radius 3 is 2.58 bits per heavy atom. The molecule has 0 radical (unpaired) electrons. The zero-order valence-corrected chi connectivity index (χ0v) is 25.0. The molecule has 2 N–H and O–H groups in total. The van der Waals surface area contributed by atoms with Crippen LogP contribution in [0.4, 0.5) is 15.9 Å². The number of hydrogen-bond donors (Lipinski definition) is 1. The third-order valence-electron chi connectivity index (χ3n) is 7.42. The van der Waals surface area contributed by atoms with E-state index in [1.54, 1.807) is 11.0 Å². The second kappa shape index (κ2) is 11.2. The van der Waals surface area contributed by atoms with Gasteiger partial charge in [-0.15, -0.1) is 0 Å². The summed E-state index contributed by atoms with van der Waals surface area (Å²) in [6.45, 7) is 10.0. The summed E-state index contributed by atoms with van der Waals surface area (Å²) in [5.74, 6) is -1.05. The van der Waals surface area contributed by atoms with Crippen molar-refractivity contribution in [2.24, 2.45) is 0 Å². The summed E-state index contributed by atoms with van der Waals surface area (Å²) in [4.78, 5) is 46.9. The van der Waals surface area contributed by atoms with Gasteiger partial charge in [0.05, 0.1) is 11.1 Å². The average molecular weight is 607 g/mol. The first kappa shape index (κ1) is 29.8. The van der Waals surface area contributed by atoms with Gasteiger partial charge < -0.3 is 15.5 Å². The maximum absolute atomic E-state index is 15.9. The topological polar surface area (TPSA) is 157 Å². The number of carbonyl (C=O) groups excluding carboxylic acids is 1. The molecule has 0 unspecified atom stereocenters. The number of sulfone groups is 1. The van der Waals surface area contributed by atoms with Crippen molar-refractivity contribution in [1.82, 2.24) is 29.4 Å². The molecular weight excluding hydrogens is 575 g/mol. The van der Waals surface area contributed by atoms with Gasteiger partial charge in [0.2, 0.25) is 5.91 Å². The van der Waals surface area contributed by atoms with Crippen molar-refractivity contribution in [3.05, 3.63) is 71.3 Å². The van der Waals surface area contributed by atoms with Gasteiger partial charge >= 0.3 is 5.69 Å². The number of aromatic nitrogens is 5. The summed E-state index contributed by atoms with van der Waals surface area (Å²) in [6.07, 6.45) is 6.42. The lowest BCUT2D eigenvalue weighted by Gasteiger charge is -2.40. The number of nitrogens with zero attached hydrogens (tertiary/aromatic N) is 7. The zero-order valence-electron chi connectivity index (χ0n) is 24.2. The van der Waals surface area contributed by atoms with Crippen LogP contribution in [-0.2, 0) is 14.6 Å². The third-order valence-corrected chi connectivity index (χ3v) is 8.42. The molecule has 4 aromatic rings. The molecule has 12 nitrogen and oxygen atoms in total. The molecule has 1 atom stereocenters. The molecule has 0 spiro atoms. The molecule has 4 aromatic heterocycles. The summed E-state index contributed by atoms with van der Waals surface area (Å²) in [5, 5.41) is -0.174. The number of rotatable bonds is 6. The Balaban J connectivity index is 1.88. The number of nitrogens with two attached hydrogens (primary N) is 1. The number of piperazine rings is 1. The molecule has 1 amide bonds. The molecular formula is C29H31FN8O4S. The molecule has 1 fully saturated rings. The normalized spacial score (nSPS) is 15.7. The maximum atomic E-state index is 15.9. The van der Waals surface area contributed by atoms with E-state index in [0.717, 1.165) is 10.8 Å². The number of halogens is 1. The van der Waals surface area contributed by atoms with Crippen molar-refractivity contribution in [2.75, 3.05) is 36.5 Å². The van der Waals surface area contributed by atoms with E-state index in [9.17, 15) is 18.0 Å². The van der Waals surface area contributed by atoms with Crippen LogP contribution in [-0.4, -0.2) is 75.7 Å². The second-order valence-electron chi connectivity index (χ2n) is 10.7. The standard InChI is InChI=1S/C29H31FN8O4S/c1-6-23(39)36-11-12-37(17(4)15-36)26-19-13-21(30)24(20-14-32-9-8-22(20)31)34-27(19)38(29(40)35-26)25-18(16(2)3)7-10-33-28(25)43(5,41)42/h6-10,13-14,16-17H,1,11-12,15H2,2-5H3,(H2,31,32)/t17-/m0/s1. The molecule has 5 rings (SSSR count). The Hall–Kier alpha value is -4.72. The second-order valence-corrected chi connectivity index (χ2v) is 12.6. The van der Waals surface area contributed by atoms with Crippen LogP contribution >= 0.6 is 0 Å². The smallest absolute Gasteiger partial charge is 0.355 e. The van der Waals surface area contributed by atoms with Crippen LogP contribution in [0.25, 0.3) is 28.0 Å². The Bertz CT molecular complexity index is 1940. The van der Waals surface area contributed by atoms with E-state index in [1.165, 1.54) is 36.8 Å². The number of nitrogen functional groups attached to an aromatic ring is 1. The third kappa shape index (κ3) is 5.33. The average Bonchev–Trinajstić information content (AvgIpc) is 2.96. The molecule has 1 aliphatic rings. The first-order valence-electron chi connectivity index (χ1n) is 13.5. The highest BCUT2D eigenvalue weighted by molar-refractivity contribution is 7.90. The highest BCUT2D eigenvalue weighted by Gasteiger charge is 2.32. The van der Waals surface area contributed by atoms with E-state index in [4.69, 9.17) is 5.73 Å². The van der Waals surface area contributed by atoms with Gasteiger partial charge in [0.15, 0.2) is 26.3 Å². The van der Waals surface area contributed by atoms with Gasteiger partial charge in [-0.1, -0.05) is 20.4 Å². The molecule has 5 heterocycles. The number of amides is 1. The van der Waals surface area contributed by atoms with E-state index in [2.05, 4.69) is 26.5 Å². The Kier molecular flexibility index (Phi) is 7.73. The number of anilines is 2. The lowest BCUT2D eigenvalue weighted by Crippen LogP contribution is -2.54. The van der Waals surface area contributed by atoms with Crippen molar-refractivity contribution >= 4 is 38.3 Å². The van der Waals surface area contributed by atoms with Gasteiger partial charge in [-0.2, -0.15) is 4.98 Å². The summed E-state index contributed by atoms with van der Waals surface area (Å²) in [7, 11) is -3.94. The number of pyridine rings is 3. The molecule has 1 aliphatic heterocycles. The monoisotopic (exact) mass is 606 g/mol. The Labute approximate surface area is 247 Å². The van der Waals surface area contributed by atoms with Crippen LogP contribution in [0.2, 0.25) is 0 Å². The minimum Gasteiger partial charge on any atom is -0.398 e. The van der Waals surface area contributed by atoms with E-state index < -0.39 is 21.3 Å². The molecule has 0 aromatic carbocycles. The van der Waals surface area contributed by atoms with Crippen molar-refractivity contribution in [1.29, 1.82) is 0 Å². The molecule has 14 heteroatoms. The number of fused-ring (bicyclic) bond motifs is 1. The fraction of sp³-hybridized carbons (Fsp3) is 0.310. The van der Waals surface area contributed by atoms with E-state index in [-0.39, 0.29) is 62.4 Å². The number of carbonyl (C=O) groups is 1. The maximum Gasteiger partial charge on any atom is 0.355 e. The summed E-state index contributed by atoms with van der Waals surface area (Å²) < 4.78 is 42.9. The minimum atomic E-state index is -3.94. The lowest BCUT2D eigenvalue weighted by molar-refractivity contribution is -0.126.